The second kappa shape index (κ2) is 13.9. The first kappa shape index (κ1) is 29.1. The molecule has 0 saturated carbocycles. The van der Waals surface area contributed by atoms with Crippen LogP contribution in [-0.4, -0.2) is 64.9 Å². The molecule has 0 aliphatic heterocycles. The molecule has 0 fully saturated rings. The van der Waals surface area contributed by atoms with Crippen molar-refractivity contribution in [2.24, 2.45) is 5.92 Å². The van der Waals surface area contributed by atoms with E-state index in [1.165, 1.54) is 12.1 Å². The van der Waals surface area contributed by atoms with Gasteiger partial charge in [-0.05, 0) is 70.8 Å². The molecule has 37 heavy (non-hydrogen) atoms. The summed E-state index contributed by atoms with van der Waals surface area (Å²) in [4.78, 5) is 27.9. The summed E-state index contributed by atoms with van der Waals surface area (Å²) in [7, 11) is 0. The third-order valence-corrected chi connectivity index (χ3v) is 7.04. The molecule has 1 aliphatic rings. The Morgan fingerprint density at radius 2 is 1.97 bits per heavy atom. The number of carbonyl (C=O) groups is 2. The molecule has 3 unspecified atom stereocenters. The van der Waals surface area contributed by atoms with Crippen LogP contribution in [0.1, 0.15) is 32.3 Å². The van der Waals surface area contributed by atoms with E-state index in [1.807, 2.05) is 32.0 Å². The van der Waals surface area contributed by atoms with E-state index in [0.29, 0.717) is 17.7 Å². The molecular formula is C28H34FIN2O5. The zero-order valence-electron chi connectivity index (χ0n) is 21.1. The van der Waals surface area contributed by atoms with E-state index < -0.39 is 18.2 Å². The number of carbonyl (C=O) groups excluding carboxylic acids is 2. The Bertz CT molecular complexity index is 1110. The zero-order chi connectivity index (χ0) is 26.9. The van der Waals surface area contributed by atoms with E-state index in [4.69, 9.17) is 9.84 Å². The van der Waals surface area contributed by atoms with Crippen molar-refractivity contribution < 1.29 is 28.9 Å². The largest absolute Gasteiger partial charge is 0.482 e. The van der Waals surface area contributed by atoms with E-state index in [2.05, 4.69) is 27.9 Å². The predicted octanol–water partition coefficient (Wildman–Crippen LogP) is 3.46. The van der Waals surface area contributed by atoms with E-state index in [0.717, 1.165) is 9.13 Å². The number of amides is 2. The van der Waals surface area contributed by atoms with Gasteiger partial charge in [0.05, 0.1) is 16.2 Å². The van der Waals surface area contributed by atoms with Crippen molar-refractivity contribution in [3.05, 3.63) is 75.1 Å². The molecule has 2 aromatic carbocycles. The fourth-order valence-electron chi connectivity index (χ4n) is 4.35. The Balaban J connectivity index is 1.93. The average molecular weight is 624 g/mol. The molecule has 7 nitrogen and oxygen atoms in total. The Kier molecular flexibility index (Phi) is 10.9. The van der Waals surface area contributed by atoms with Crippen molar-refractivity contribution in [3.8, 4) is 5.75 Å². The van der Waals surface area contributed by atoms with Gasteiger partial charge in [0.1, 0.15) is 23.8 Å². The number of aliphatic hydroxyl groups excluding tert-OH is 2. The lowest BCUT2D eigenvalue weighted by Gasteiger charge is -2.41. The van der Waals surface area contributed by atoms with Gasteiger partial charge in [0.15, 0.2) is 0 Å². The standard InChI is InChI=1S/C28H34FIN2O5/c1-18(2)14-26(34)32(12-10-19-6-5-7-21(29)15-19)23-16-20(28(36)31-11-13-33)17-25(27(23)35)37-24-9-4-3-8-22(24)30/h3-9,15,17-18,23,25,27,33,35H,10-14,16H2,1-2H3,(H,31,36). The van der Waals surface area contributed by atoms with Crippen LogP contribution in [0.25, 0.3) is 0 Å². The molecule has 3 atom stereocenters. The van der Waals surface area contributed by atoms with Crippen LogP contribution in [0.4, 0.5) is 4.39 Å². The van der Waals surface area contributed by atoms with Crippen LogP contribution < -0.4 is 10.1 Å². The van der Waals surface area contributed by atoms with Gasteiger partial charge in [-0.25, -0.2) is 4.39 Å². The molecule has 0 aromatic heterocycles. The molecule has 0 saturated heterocycles. The van der Waals surface area contributed by atoms with Crippen molar-refractivity contribution in [2.75, 3.05) is 19.7 Å². The SMILES string of the molecule is CC(C)CC(=O)N(CCc1cccc(F)c1)C1CC(C(=O)NCCO)=CC(Oc2ccccc2I)C1O. The number of hydrogen-bond acceptors (Lipinski definition) is 5. The summed E-state index contributed by atoms with van der Waals surface area (Å²) in [5, 5.41) is 23.3. The zero-order valence-corrected chi connectivity index (χ0v) is 23.2. The fraction of sp³-hybridized carbons (Fsp3) is 0.429. The first-order valence-corrected chi connectivity index (χ1v) is 13.5. The minimum absolute atomic E-state index is 0.0844. The quantitative estimate of drug-likeness (QED) is 0.333. The van der Waals surface area contributed by atoms with Gasteiger partial charge in [-0.3, -0.25) is 9.59 Å². The first-order chi connectivity index (χ1) is 17.7. The Hall–Kier alpha value is -2.50. The maximum absolute atomic E-state index is 13.8. The minimum atomic E-state index is -1.10. The number of halogens is 2. The number of nitrogens with one attached hydrogen (secondary N) is 1. The fourth-order valence-corrected chi connectivity index (χ4v) is 4.87. The van der Waals surface area contributed by atoms with Gasteiger partial charge in [0, 0.05) is 31.5 Å². The number of hydrogen-bond donors (Lipinski definition) is 3. The summed E-state index contributed by atoms with van der Waals surface area (Å²) < 4.78 is 20.8. The van der Waals surface area contributed by atoms with Crippen LogP contribution in [0, 0.1) is 15.3 Å². The highest BCUT2D eigenvalue weighted by molar-refractivity contribution is 14.1. The minimum Gasteiger partial charge on any atom is -0.482 e. The molecule has 0 radical (unpaired) electrons. The molecule has 1 aliphatic carbocycles. The third-order valence-electron chi connectivity index (χ3n) is 6.15. The molecule has 9 heteroatoms. The van der Waals surface area contributed by atoms with Gasteiger partial charge < -0.3 is 25.2 Å². The Labute approximate surface area is 230 Å². The maximum atomic E-state index is 13.8. The summed E-state index contributed by atoms with van der Waals surface area (Å²) in [6.07, 6.45) is 0.390. The van der Waals surface area contributed by atoms with E-state index >= 15 is 0 Å². The highest BCUT2D eigenvalue weighted by atomic mass is 127. The number of nitrogens with zero attached hydrogens (tertiary/aromatic N) is 1. The summed E-state index contributed by atoms with van der Waals surface area (Å²) in [5.41, 5.74) is 1.10. The summed E-state index contributed by atoms with van der Waals surface area (Å²) in [5.74, 6) is -0.249. The average Bonchev–Trinajstić information content (AvgIpc) is 2.85. The molecule has 2 aromatic rings. The third kappa shape index (κ3) is 8.24. The predicted molar refractivity (Wildman–Crippen MR) is 147 cm³/mol. The van der Waals surface area contributed by atoms with Gasteiger partial charge >= 0.3 is 0 Å². The van der Waals surface area contributed by atoms with Crippen LogP contribution in [0.15, 0.2) is 60.2 Å². The van der Waals surface area contributed by atoms with Crippen LogP contribution in [-0.2, 0) is 16.0 Å². The second-order valence-corrected chi connectivity index (χ2v) is 10.7. The summed E-state index contributed by atoms with van der Waals surface area (Å²) >= 11 is 2.14. The Morgan fingerprint density at radius 1 is 1.22 bits per heavy atom. The molecule has 0 bridgehead atoms. The number of para-hydroxylation sites is 1. The lowest BCUT2D eigenvalue weighted by molar-refractivity contribution is -0.139. The lowest BCUT2D eigenvalue weighted by atomic mass is 9.87. The smallest absolute Gasteiger partial charge is 0.247 e. The van der Waals surface area contributed by atoms with E-state index in [9.17, 15) is 19.1 Å². The van der Waals surface area contributed by atoms with Gasteiger partial charge in [-0.1, -0.05) is 38.1 Å². The molecule has 2 amide bonds. The monoisotopic (exact) mass is 624 g/mol. The number of ether oxygens (including phenoxy) is 1. The van der Waals surface area contributed by atoms with Crippen LogP contribution >= 0.6 is 22.6 Å². The van der Waals surface area contributed by atoms with Crippen molar-refractivity contribution in [2.45, 2.75) is 51.4 Å². The van der Waals surface area contributed by atoms with Crippen molar-refractivity contribution >= 4 is 34.4 Å². The van der Waals surface area contributed by atoms with Crippen molar-refractivity contribution in [1.82, 2.24) is 10.2 Å². The number of aliphatic hydroxyl groups is 2. The topological polar surface area (TPSA) is 99.1 Å². The van der Waals surface area contributed by atoms with Crippen LogP contribution in [0.2, 0.25) is 0 Å². The van der Waals surface area contributed by atoms with Crippen molar-refractivity contribution in [1.29, 1.82) is 0 Å². The van der Waals surface area contributed by atoms with E-state index in [1.54, 1.807) is 29.2 Å². The normalized spacial score (nSPS) is 19.3. The summed E-state index contributed by atoms with van der Waals surface area (Å²) in [6, 6.07) is 12.8. The molecule has 0 heterocycles. The highest BCUT2D eigenvalue weighted by Gasteiger charge is 2.40. The van der Waals surface area contributed by atoms with E-state index in [-0.39, 0.29) is 56.1 Å². The van der Waals surface area contributed by atoms with Gasteiger partial charge in [-0.15, -0.1) is 0 Å². The van der Waals surface area contributed by atoms with Gasteiger partial charge in [0.2, 0.25) is 11.8 Å². The van der Waals surface area contributed by atoms with Gasteiger partial charge in [-0.2, -0.15) is 0 Å². The molecule has 200 valence electrons. The van der Waals surface area contributed by atoms with Crippen LogP contribution in [0.3, 0.4) is 0 Å². The maximum Gasteiger partial charge on any atom is 0.247 e. The summed E-state index contributed by atoms with van der Waals surface area (Å²) in [6.45, 7) is 4.01. The second-order valence-electron chi connectivity index (χ2n) is 9.51. The molecule has 3 N–H and O–H groups in total. The van der Waals surface area contributed by atoms with Crippen molar-refractivity contribution in [3.63, 3.8) is 0 Å². The first-order valence-electron chi connectivity index (χ1n) is 12.4. The molecule has 0 spiro atoms. The van der Waals surface area contributed by atoms with Crippen LogP contribution in [0.5, 0.6) is 5.75 Å². The van der Waals surface area contributed by atoms with Gasteiger partial charge in [0.25, 0.3) is 0 Å². The molecular weight excluding hydrogens is 590 g/mol. The number of benzene rings is 2. The number of rotatable bonds is 11. The lowest BCUT2D eigenvalue weighted by Crippen LogP contribution is -2.55. The highest BCUT2D eigenvalue weighted by Crippen LogP contribution is 2.30. The molecule has 3 rings (SSSR count). The Morgan fingerprint density at radius 3 is 2.65 bits per heavy atom.